The highest BCUT2D eigenvalue weighted by Crippen LogP contribution is 2.53. The number of ether oxygens (including phenoxy) is 2. The van der Waals surface area contributed by atoms with Crippen LogP contribution in [0.1, 0.15) is 160 Å². The van der Waals surface area contributed by atoms with Crippen molar-refractivity contribution in [3.63, 3.8) is 0 Å². The Labute approximate surface area is 256 Å². The summed E-state index contributed by atoms with van der Waals surface area (Å²) < 4.78 is 11.5. The van der Waals surface area contributed by atoms with Crippen molar-refractivity contribution in [1.82, 2.24) is 0 Å². The van der Waals surface area contributed by atoms with E-state index in [1.54, 1.807) is 0 Å². The highest BCUT2D eigenvalue weighted by atomic mass is 16.5. The third-order valence-corrected chi connectivity index (χ3v) is 9.03. The molecule has 0 aliphatic heterocycles. The second-order valence-corrected chi connectivity index (χ2v) is 13.3. The summed E-state index contributed by atoms with van der Waals surface area (Å²) in [5.74, 6) is 0.922. The molecule has 3 rings (SSSR count). The molecule has 2 aromatic rings. The van der Waals surface area contributed by atoms with Gasteiger partial charge in [0, 0.05) is 18.3 Å². The second-order valence-electron chi connectivity index (χ2n) is 13.3. The first kappa shape index (κ1) is 33.9. The molecule has 0 radical (unpaired) electrons. The third kappa shape index (κ3) is 9.99. The Morgan fingerprint density at radius 3 is 1.57 bits per heavy atom. The van der Waals surface area contributed by atoms with Crippen LogP contribution in [0.3, 0.4) is 0 Å². The van der Waals surface area contributed by atoms with Crippen molar-refractivity contribution in [2.24, 2.45) is 0 Å². The quantitative estimate of drug-likeness (QED) is 0.0948. The molecule has 0 aromatic heterocycles. The fourth-order valence-corrected chi connectivity index (χ4v) is 6.67. The molecule has 4 nitrogen and oxygen atoms in total. The molecule has 0 fully saturated rings. The Hall–Kier alpha value is -2.62. The Bertz CT molecular complexity index is 1120. The van der Waals surface area contributed by atoms with Crippen LogP contribution < -0.4 is 9.47 Å². The number of carbonyl (C=O) groups is 2. The van der Waals surface area contributed by atoms with Crippen LogP contribution in [0.5, 0.6) is 11.5 Å². The first-order chi connectivity index (χ1) is 20.2. The van der Waals surface area contributed by atoms with E-state index in [0.717, 1.165) is 32.1 Å². The maximum atomic E-state index is 12.6. The summed E-state index contributed by atoms with van der Waals surface area (Å²) in [7, 11) is 0. The fraction of sp³-hybridized carbons (Fsp3) is 0.632. The minimum atomic E-state index is -0.236. The molecule has 0 N–H and O–H groups in total. The van der Waals surface area contributed by atoms with Gasteiger partial charge in [-0.15, -0.1) is 0 Å². The van der Waals surface area contributed by atoms with Crippen LogP contribution in [0, 0.1) is 0 Å². The predicted molar refractivity (Wildman–Crippen MR) is 173 cm³/mol. The SMILES string of the molecule is CCCCCCCCCC(=O)Oc1ccc(C2(C)CC(C)(C)c3ccc(OC(=O)CCCCCCCCC)cc32)cc1. The molecule has 0 saturated heterocycles. The van der Waals surface area contributed by atoms with E-state index in [4.69, 9.17) is 9.47 Å². The van der Waals surface area contributed by atoms with Crippen LogP contribution in [0.25, 0.3) is 0 Å². The number of fused-ring (bicyclic) bond motifs is 1. The fourth-order valence-electron chi connectivity index (χ4n) is 6.67. The minimum Gasteiger partial charge on any atom is -0.427 e. The lowest BCUT2D eigenvalue weighted by Crippen LogP contribution is -2.23. The van der Waals surface area contributed by atoms with E-state index in [0.29, 0.717) is 24.3 Å². The number of unbranched alkanes of at least 4 members (excludes halogenated alkanes) is 12. The van der Waals surface area contributed by atoms with E-state index >= 15 is 0 Å². The van der Waals surface area contributed by atoms with E-state index in [9.17, 15) is 9.59 Å². The van der Waals surface area contributed by atoms with E-state index in [1.807, 2.05) is 18.2 Å². The Morgan fingerprint density at radius 2 is 1.05 bits per heavy atom. The van der Waals surface area contributed by atoms with E-state index in [1.165, 1.54) is 80.9 Å². The summed E-state index contributed by atoms with van der Waals surface area (Å²) in [5, 5.41) is 0. The van der Waals surface area contributed by atoms with Gasteiger partial charge in [0.25, 0.3) is 0 Å². The highest BCUT2D eigenvalue weighted by Gasteiger charge is 2.46. The minimum absolute atomic E-state index is 0.00786. The van der Waals surface area contributed by atoms with Crippen LogP contribution in [-0.2, 0) is 20.4 Å². The molecule has 0 bridgehead atoms. The van der Waals surface area contributed by atoms with E-state index < -0.39 is 0 Å². The van der Waals surface area contributed by atoms with Crippen LogP contribution in [-0.4, -0.2) is 11.9 Å². The number of hydrogen-bond donors (Lipinski definition) is 0. The average Bonchev–Trinajstić information content (AvgIpc) is 3.17. The smallest absolute Gasteiger partial charge is 0.311 e. The molecule has 0 amide bonds. The summed E-state index contributed by atoms with van der Waals surface area (Å²) in [6.07, 6.45) is 18.4. The first-order valence-electron chi connectivity index (χ1n) is 16.9. The predicted octanol–water partition coefficient (Wildman–Crippen LogP) is 10.8. The van der Waals surface area contributed by atoms with Crippen LogP contribution in [0.4, 0.5) is 0 Å². The van der Waals surface area contributed by atoms with Gasteiger partial charge in [-0.3, -0.25) is 9.59 Å². The van der Waals surface area contributed by atoms with Gasteiger partial charge < -0.3 is 9.47 Å². The molecule has 1 unspecified atom stereocenters. The van der Waals surface area contributed by atoms with E-state index in [-0.39, 0.29) is 22.8 Å². The topological polar surface area (TPSA) is 52.6 Å². The van der Waals surface area contributed by atoms with Crippen LogP contribution in [0.2, 0.25) is 0 Å². The molecular formula is C38H56O4. The number of carbonyl (C=O) groups excluding carboxylic acids is 2. The number of benzene rings is 2. The molecule has 42 heavy (non-hydrogen) atoms. The van der Waals surface area contributed by atoms with Crippen molar-refractivity contribution in [3.05, 3.63) is 59.2 Å². The van der Waals surface area contributed by atoms with Crippen molar-refractivity contribution in [1.29, 1.82) is 0 Å². The maximum absolute atomic E-state index is 12.6. The molecule has 1 atom stereocenters. The van der Waals surface area contributed by atoms with Crippen molar-refractivity contribution >= 4 is 11.9 Å². The van der Waals surface area contributed by atoms with Gasteiger partial charge in [-0.2, -0.15) is 0 Å². The summed E-state index contributed by atoms with van der Waals surface area (Å²) in [5.41, 5.74) is 3.43. The maximum Gasteiger partial charge on any atom is 0.311 e. The lowest BCUT2D eigenvalue weighted by molar-refractivity contribution is -0.135. The molecule has 2 aromatic carbocycles. The van der Waals surface area contributed by atoms with Gasteiger partial charge in [0.05, 0.1) is 0 Å². The zero-order chi connectivity index (χ0) is 30.4. The largest absolute Gasteiger partial charge is 0.427 e. The molecule has 0 heterocycles. The normalized spacial score (nSPS) is 17.2. The number of hydrogen-bond acceptors (Lipinski definition) is 4. The van der Waals surface area contributed by atoms with Gasteiger partial charge in [0.15, 0.2) is 0 Å². The average molecular weight is 577 g/mol. The van der Waals surface area contributed by atoms with Gasteiger partial charge in [-0.25, -0.2) is 0 Å². The zero-order valence-electron chi connectivity index (χ0n) is 27.2. The monoisotopic (exact) mass is 576 g/mol. The summed E-state index contributed by atoms with van der Waals surface area (Å²) in [4.78, 5) is 25.0. The van der Waals surface area contributed by atoms with Gasteiger partial charge in [0.2, 0.25) is 0 Å². The Kier molecular flexibility index (Phi) is 13.6. The first-order valence-corrected chi connectivity index (χ1v) is 16.9. The summed E-state index contributed by atoms with van der Waals surface area (Å²) in [6.45, 7) is 11.3. The standard InChI is InChI=1S/C38H56O4/c1-6-8-10-12-14-16-18-20-35(39)41-31-24-22-30(23-25-31)38(5)29-37(3,4)33-27-26-32(28-34(33)38)42-36(40)21-19-17-15-13-11-9-7-2/h22-28H,6-21,29H2,1-5H3. The number of esters is 2. The lowest BCUT2D eigenvalue weighted by Gasteiger charge is -2.28. The van der Waals surface area contributed by atoms with Crippen molar-refractivity contribution in [2.45, 2.75) is 155 Å². The van der Waals surface area contributed by atoms with Gasteiger partial charge in [-0.1, -0.05) is 130 Å². The molecule has 1 aliphatic rings. The van der Waals surface area contributed by atoms with Gasteiger partial charge >= 0.3 is 11.9 Å². The van der Waals surface area contributed by atoms with Crippen LogP contribution >= 0.6 is 0 Å². The van der Waals surface area contributed by atoms with Crippen molar-refractivity contribution in [3.8, 4) is 11.5 Å². The Balaban J connectivity index is 1.57. The van der Waals surface area contributed by atoms with Crippen molar-refractivity contribution < 1.29 is 19.1 Å². The molecule has 0 spiro atoms. The second kappa shape index (κ2) is 16.9. The third-order valence-electron chi connectivity index (χ3n) is 9.03. The Morgan fingerprint density at radius 1 is 0.595 bits per heavy atom. The van der Waals surface area contributed by atoms with E-state index in [2.05, 4.69) is 58.9 Å². The highest BCUT2D eigenvalue weighted by molar-refractivity contribution is 5.73. The lowest BCUT2D eigenvalue weighted by atomic mass is 9.75. The molecule has 0 saturated carbocycles. The molecule has 4 heteroatoms. The molecular weight excluding hydrogens is 520 g/mol. The zero-order valence-corrected chi connectivity index (χ0v) is 27.2. The summed E-state index contributed by atoms with van der Waals surface area (Å²) >= 11 is 0. The number of rotatable bonds is 19. The van der Waals surface area contributed by atoms with Crippen molar-refractivity contribution in [2.75, 3.05) is 0 Å². The molecule has 1 aliphatic carbocycles. The molecule has 232 valence electrons. The summed E-state index contributed by atoms with van der Waals surface area (Å²) in [6, 6.07) is 14.2. The van der Waals surface area contributed by atoms with Gasteiger partial charge in [0.1, 0.15) is 11.5 Å². The van der Waals surface area contributed by atoms with Gasteiger partial charge in [-0.05, 0) is 65.6 Å². The van der Waals surface area contributed by atoms with Crippen LogP contribution in [0.15, 0.2) is 42.5 Å².